The molecule has 0 bridgehead atoms. The van der Waals surface area contributed by atoms with Crippen LogP contribution in [0, 0.1) is 0 Å². The fourth-order valence-electron chi connectivity index (χ4n) is 1.78. The molecule has 0 heterocycles. The van der Waals surface area contributed by atoms with E-state index in [0.717, 1.165) is 10.6 Å². The number of ether oxygens (including phenoxy) is 2. The van der Waals surface area contributed by atoms with Gasteiger partial charge in [-0.25, -0.2) is 20.0 Å². The minimum Gasteiger partial charge on any atom is -0.446 e. The van der Waals surface area contributed by atoms with Crippen molar-refractivity contribution >= 4 is 12.2 Å². The lowest BCUT2D eigenvalue weighted by atomic mass is 10.1. The molecule has 1 N–H and O–H groups in total. The van der Waals surface area contributed by atoms with Crippen molar-refractivity contribution in [3.63, 3.8) is 0 Å². The van der Waals surface area contributed by atoms with Gasteiger partial charge in [0.05, 0.1) is 18.2 Å². The van der Waals surface area contributed by atoms with Crippen molar-refractivity contribution in [1.29, 1.82) is 0 Å². The molecule has 122 valence electrons. The van der Waals surface area contributed by atoms with Gasteiger partial charge in [-0.05, 0) is 40.2 Å². The van der Waals surface area contributed by atoms with Gasteiger partial charge in [-0.1, -0.05) is 30.3 Å². The molecule has 0 radical (unpaired) electrons. The van der Waals surface area contributed by atoms with Gasteiger partial charge in [0.1, 0.15) is 0 Å². The molecule has 0 fully saturated rings. The Balaban J connectivity index is 2.90. The topological polar surface area (TPSA) is 67.9 Å². The highest BCUT2D eigenvalue weighted by atomic mass is 16.6. The third kappa shape index (κ3) is 5.63. The maximum atomic E-state index is 12.2. The lowest BCUT2D eigenvalue weighted by Crippen LogP contribution is -2.48. The van der Waals surface area contributed by atoms with Crippen LogP contribution in [-0.4, -0.2) is 29.4 Å². The minimum absolute atomic E-state index is 0.282. The number of nitrogens with zero attached hydrogens (tertiary/aromatic N) is 1. The standard InChI is InChI=1S/C16H24N2O4/c1-11(2)21-15(19)17-18(16(20)22-12(3)4)13(5)14-9-7-6-8-10-14/h6-13H,1-5H3,(H,17,19). The number of hydrogen-bond acceptors (Lipinski definition) is 4. The van der Waals surface area contributed by atoms with E-state index >= 15 is 0 Å². The normalized spacial score (nSPS) is 12.0. The number of rotatable bonds is 4. The second-order valence-corrected chi connectivity index (χ2v) is 5.46. The van der Waals surface area contributed by atoms with Crippen molar-refractivity contribution < 1.29 is 19.1 Å². The SMILES string of the molecule is CC(C)OC(=O)NN(C(=O)OC(C)C)C(C)c1ccccc1. The number of carbonyl (C=O) groups excluding carboxylic acids is 2. The van der Waals surface area contributed by atoms with E-state index in [-0.39, 0.29) is 12.2 Å². The predicted octanol–water partition coefficient (Wildman–Crippen LogP) is 3.64. The number of hydrogen-bond donors (Lipinski definition) is 1. The average Bonchev–Trinajstić information content (AvgIpc) is 2.43. The Labute approximate surface area is 131 Å². The molecule has 1 unspecified atom stereocenters. The van der Waals surface area contributed by atoms with Gasteiger partial charge in [-0.2, -0.15) is 0 Å². The Hall–Kier alpha value is -2.24. The van der Waals surface area contributed by atoms with E-state index in [1.165, 1.54) is 0 Å². The maximum absolute atomic E-state index is 12.2. The maximum Gasteiger partial charge on any atom is 0.429 e. The van der Waals surface area contributed by atoms with Crippen LogP contribution in [0.25, 0.3) is 0 Å². The first-order chi connectivity index (χ1) is 10.3. The molecule has 0 aromatic heterocycles. The van der Waals surface area contributed by atoms with Crippen molar-refractivity contribution in [3.05, 3.63) is 35.9 Å². The van der Waals surface area contributed by atoms with Gasteiger partial charge < -0.3 is 9.47 Å². The second-order valence-electron chi connectivity index (χ2n) is 5.46. The third-order valence-corrected chi connectivity index (χ3v) is 2.76. The zero-order chi connectivity index (χ0) is 16.7. The summed E-state index contributed by atoms with van der Waals surface area (Å²) in [5.74, 6) is 0. The number of benzene rings is 1. The summed E-state index contributed by atoms with van der Waals surface area (Å²) in [6, 6.07) is 8.96. The van der Waals surface area contributed by atoms with E-state index in [1.54, 1.807) is 34.6 Å². The van der Waals surface area contributed by atoms with E-state index in [2.05, 4.69) is 5.43 Å². The summed E-state index contributed by atoms with van der Waals surface area (Å²) < 4.78 is 10.2. The molecule has 1 aromatic carbocycles. The first-order valence-electron chi connectivity index (χ1n) is 7.33. The quantitative estimate of drug-likeness (QED) is 0.862. The first kappa shape index (κ1) is 17.8. The van der Waals surface area contributed by atoms with E-state index in [1.807, 2.05) is 30.3 Å². The van der Waals surface area contributed by atoms with Gasteiger partial charge in [0.2, 0.25) is 0 Å². The highest BCUT2D eigenvalue weighted by molar-refractivity contribution is 5.74. The highest BCUT2D eigenvalue weighted by Gasteiger charge is 2.26. The monoisotopic (exact) mass is 308 g/mol. The van der Waals surface area contributed by atoms with Crippen LogP contribution >= 0.6 is 0 Å². The van der Waals surface area contributed by atoms with Crippen LogP contribution in [0.1, 0.15) is 46.2 Å². The Morgan fingerprint density at radius 3 is 2.00 bits per heavy atom. The van der Waals surface area contributed by atoms with Crippen molar-refractivity contribution in [1.82, 2.24) is 10.4 Å². The molecule has 0 aliphatic heterocycles. The summed E-state index contributed by atoms with van der Waals surface area (Å²) in [5, 5.41) is 1.14. The average molecular weight is 308 g/mol. The van der Waals surface area contributed by atoms with Gasteiger partial charge in [0.25, 0.3) is 0 Å². The summed E-state index contributed by atoms with van der Waals surface area (Å²) in [5.41, 5.74) is 3.32. The van der Waals surface area contributed by atoms with Crippen LogP contribution in [0.3, 0.4) is 0 Å². The molecule has 0 aliphatic rings. The molecule has 0 saturated carbocycles. The van der Waals surface area contributed by atoms with Gasteiger partial charge >= 0.3 is 12.2 Å². The van der Waals surface area contributed by atoms with E-state index in [9.17, 15) is 9.59 Å². The van der Waals surface area contributed by atoms with Crippen molar-refractivity contribution in [2.45, 2.75) is 52.9 Å². The molecule has 6 heteroatoms. The highest BCUT2D eigenvalue weighted by Crippen LogP contribution is 2.19. The molecule has 1 rings (SSSR count). The minimum atomic E-state index is -0.696. The Morgan fingerprint density at radius 2 is 1.50 bits per heavy atom. The zero-order valence-electron chi connectivity index (χ0n) is 13.7. The van der Waals surface area contributed by atoms with E-state index < -0.39 is 18.2 Å². The van der Waals surface area contributed by atoms with Crippen LogP contribution in [0.4, 0.5) is 9.59 Å². The smallest absolute Gasteiger partial charge is 0.429 e. The summed E-state index contributed by atoms with van der Waals surface area (Å²) in [4.78, 5) is 24.0. The van der Waals surface area contributed by atoms with E-state index in [0.29, 0.717) is 0 Å². The first-order valence-corrected chi connectivity index (χ1v) is 7.33. The molecule has 0 saturated heterocycles. The number of nitrogens with one attached hydrogen (secondary N) is 1. The molecule has 2 amide bonds. The van der Waals surface area contributed by atoms with Crippen molar-refractivity contribution in [2.24, 2.45) is 0 Å². The molecule has 1 aromatic rings. The lowest BCUT2D eigenvalue weighted by molar-refractivity contribution is 0.0337. The third-order valence-electron chi connectivity index (χ3n) is 2.76. The predicted molar refractivity (Wildman–Crippen MR) is 83.1 cm³/mol. The van der Waals surface area contributed by atoms with Gasteiger partial charge in [-0.15, -0.1) is 0 Å². The molecule has 1 atom stereocenters. The Morgan fingerprint density at radius 1 is 0.955 bits per heavy atom. The largest absolute Gasteiger partial charge is 0.446 e. The zero-order valence-corrected chi connectivity index (χ0v) is 13.7. The summed E-state index contributed by atoms with van der Waals surface area (Å²) in [7, 11) is 0. The van der Waals surface area contributed by atoms with Crippen LogP contribution in [-0.2, 0) is 9.47 Å². The van der Waals surface area contributed by atoms with Crippen molar-refractivity contribution in [3.8, 4) is 0 Å². The van der Waals surface area contributed by atoms with Crippen LogP contribution in [0.15, 0.2) is 30.3 Å². The summed E-state index contributed by atoms with van der Waals surface area (Å²) in [6.07, 6.45) is -1.90. The molecule has 0 aliphatic carbocycles. The van der Waals surface area contributed by atoms with Crippen LogP contribution in [0.5, 0.6) is 0 Å². The van der Waals surface area contributed by atoms with Crippen LogP contribution in [0.2, 0.25) is 0 Å². The van der Waals surface area contributed by atoms with Gasteiger partial charge in [0, 0.05) is 0 Å². The van der Waals surface area contributed by atoms with Crippen LogP contribution < -0.4 is 5.43 Å². The molecule has 0 spiro atoms. The fraction of sp³-hybridized carbons (Fsp3) is 0.500. The summed E-state index contributed by atoms with van der Waals surface area (Å²) >= 11 is 0. The molecular formula is C16H24N2O4. The molecular weight excluding hydrogens is 284 g/mol. The lowest BCUT2D eigenvalue weighted by Gasteiger charge is -2.29. The fourth-order valence-corrected chi connectivity index (χ4v) is 1.78. The Bertz CT molecular complexity index is 488. The number of hydrazine groups is 1. The van der Waals surface area contributed by atoms with Crippen molar-refractivity contribution in [2.75, 3.05) is 0 Å². The Kier molecular flexibility index (Phi) is 6.69. The molecule has 22 heavy (non-hydrogen) atoms. The van der Waals surface area contributed by atoms with Gasteiger partial charge in [0.15, 0.2) is 0 Å². The number of amides is 2. The second kappa shape index (κ2) is 8.26. The van der Waals surface area contributed by atoms with E-state index in [4.69, 9.17) is 9.47 Å². The summed E-state index contributed by atoms with van der Waals surface area (Å²) in [6.45, 7) is 8.76. The molecule has 6 nitrogen and oxygen atoms in total. The van der Waals surface area contributed by atoms with Gasteiger partial charge in [-0.3, -0.25) is 0 Å². The number of carbonyl (C=O) groups is 2.